The van der Waals surface area contributed by atoms with Gasteiger partial charge in [0.05, 0.1) is 12.9 Å². The van der Waals surface area contributed by atoms with E-state index in [1.165, 1.54) is 34.5 Å². The molecule has 0 bridgehead atoms. The molecule has 0 spiro atoms. The number of imidazole rings is 1. The third kappa shape index (κ3) is 29.9. The number of hydrogen-bond donors (Lipinski definition) is 18. The number of aromatic nitrogens is 2. The highest BCUT2D eigenvalue weighted by molar-refractivity contribution is 6.00. The van der Waals surface area contributed by atoms with Crippen molar-refractivity contribution in [3.05, 3.63) is 79.4 Å². The van der Waals surface area contributed by atoms with Gasteiger partial charge in [0.25, 0.3) is 0 Å². The number of hydrogen-bond acceptors (Lipinski definition) is 18. The lowest BCUT2D eigenvalue weighted by molar-refractivity contribution is -0.145. The Morgan fingerprint density at radius 2 is 1.07 bits per heavy atom. The van der Waals surface area contributed by atoms with Crippen LogP contribution in [-0.2, 0) is 80.0 Å². The van der Waals surface area contributed by atoms with Gasteiger partial charge in [-0.05, 0) is 121 Å². The maximum atomic E-state index is 14.6. The second-order valence-electron chi connectivity index (χ2n) is 27.7. The zero-order chi connectivity index (χ0) is 80.1. The fourth-order valence-electron chi connectivity index (χ4n) is 12.9. The van der Waals surface area contributed by atoms with Gasteiger partial charge in [0, 0.05) is 57.3 Å². The smallest absolute Gasteiger partial charge is 0.326 e. The Hall–Kier alpha value is -11.0. The minimum absolute atomic E-state index is 0.00273. The molecule has 2 aromatic rings. The molecule has 37 heteroatoms. The topological polar surface area (TPSA) is 582 Å². The second-order valence-corrected chi connectivity index (χ2v) is 27.7. The SMILES string of the molecule is C=CC[C@H](NC(=O)CNC(=O)[C@H](CCCCN)NC(=O)[C@H](Cc1cnc[nH]1)NC(=O)[C@H](CC=C)NC(=O)[C@H](CC(C)C)NC(=O)[C@H](CCCN=C(N)N)NC(=O)[C@@H]1CCCN1C(=O)[C@H](CCCN=C(N)N)NC(=O)[C@@H]1CCC(=O)N1)C(=O)N[C@@H](CCCC)C(=O)N1CCC[C@H]1C(=O)N[C@@H](Cc1ccccc1)C(=O)O. The number of aliphatic carboxylic acids is 1. The number of carboxylic acid groups (broad SMARTS) is 1. The van der Waals surface area contributed by atoms with Crippen LogP contribution in [0.1, 0.15) is 154 Å². The van der Waals surface area contributed by atoms with Crippen molar-refractivity contribution >= 4 is 94.7 Å². The third-order valence-corrected chi connectivity index (χ3v) is 18.5. The van der Waals surface area contributed by atoms with E-state index in [0.29, 0.717) is 49.8 Å². The van der Waals surface area contributed by atoms with Gasteiger partial charge in [-0.15, -0.1) is 13.2 Å². The predicted octanol–water partition coefficient (Wildman–Crippen LogP) is -3.36. The molecule has 13 amide bonds. The Kier molecular flexibility index (Phi) is 37.6. The number of aliphatic imine (C=N–C) groups is 2. The molecule has 0 saturated carbocycles. The summed E-state index contributed by atoms with van der Waals surface area (Å²) in [6.45, 7) is 12.9. The first-order valence-electron chi connectivity index (χ1n) is 37.2. The standard InChI is InChI=1S/C72H112N22O15/c1-6-9-23-50(68(106)94-35-18-28-56(94)67(105)92-54(70(108)109)37-43-21-11-10-12-22-43)88-60(98)45(19-7-2)84-58(96)40-81-59(97)47(24-13-14-31-73)86-65(103)53(38-44-39-78-41-82-44)91-61(99)46(20-8-3)85-64(102)52(36-42(4)5)90-62(100)48(25-15-32-79-71(74)75)87-66(104)55-27-17-34-93(55)69(107)51(26-16-33-80-72(76)77)89-63(101)49-29-30-57(95)83-49/h7-8,10-12,21-22,39,41-42,45-56H,2-3,6,9,13-20,23-38,40,73H2,1,4-5H3,(H,78,82)(H,81,97)(H,83,95)(H,84,96)(H,85,102)(H,86,103)(H,87,104)(H,88,98)(H,89,101)(H,90,100)(H,91,99)(H,92,105)(H,108,109)(H4,74,75,79)(H4,76,77,80)/t45-,46-,47-,48-,49-,50-,51-,52-,53-,54-,55-,56-/m0/s1. The highest BCUT2D eigenvalue weighted by Crippen LogP contribution is 2.24. The number of amides is 13. The van der Waals surface area contributed by atoms with E-state index in [-0.39, 0.29) is 153 Å². The lowest BCUT2D eigenvalue weighted by atomic mass is 10.0. The van der Waals surface area contributed by atoms with E-state index in [4.69, 9.17) is 28.7 Å². The average molecular weight is 1530 g/mol. The number of guanidine groups is 2. The minimum Gasteiger partial charge on any atom is -0.480 e. The first-order valence-corrected chi connectivity index (χ1v) is 37.2. The second kappa shape index (κ2) is 46.3. The van der Waals surface area contributed by atoms with Gasteiger partial charge < -0.3 is 107 Å². The van der Waals surface area contributed by atoms with Crippen molar-refractivity contribution in [2.45, 2.75) is 228 Å². The highest BCUT2D eigenvalue weighted by Gasteiger charge is 2.43. The van der Waals surface area contributed by atoms with Crippen LogP contribution in [0.15, 0.2) is 78.2 Å². The van der Waals surface area contributed by atoms with Crippen LogP contribution in [0.4, 0.5) is 0 Å². The van der Waals surface area contributed by atoms with Gasteiger partial charge in [0.2, 0.25) is 76.8 Å². The van der Waals surface area contributed by atoms with Crippen molar-refractivity contribution in [2.75, 3.05) is 39.3 Å². The maximum absolute atomic E-state index is 14.6. The van der Waals surface area contributed by atoms with Crippen LogP contribution in [0.5, 0.6) is 0 Å². The number of unbranched alkanes of at least 4 members (excludes halogenated alkanes) is 2. The number of likely N-dealkylation sites (tertiary alicyclic amines) is 2. The molecule has 0 unspecified atom stereocenters. The average Bonchev–Trinajstić information content (AvgIpc) is 1.74. The van der Waals surface area contributed by atoms with E-state index in [0.717, 1.165) is 0 Å². The number of nitrogens with two attached hydrogens (primary N) is 5. The van der Waals surface area contributed by atoms with E-state index in [1.807, 2.05) is 6.92 Å². The van der Waals surface area contributed by atoms with Crippen LogP contribution in [0, 0.1) is 5.92 Å². The first-order chi connectivity index (χ1) is 52.1. The summed E-state index contributed by atoms with van der Waals surface area (Å²) in [6.07, 6.45) is 8.87. The number of nitrogens with zero attached hydrogens (tertiary/aromatic N) is 5. The van der Waals surface area contributed by atoms with E-state index in [1.54, 1.807) is 44.2 Å². The summed E-state index contributed by atoms with van der Waals surface area (Å²) in [5, 5.41) is 39.3. The monoisotopic (exact) mass is 1520 g/mol. The first kappa shape index (κ1) is 88.6. The Morgan fingerprint density at radius 1 is 0.587 bits per heavy atom. The van der Waals surface area contributed by atoms with Crippen molar-refractivity contribution in [2.24, 2.45) is 44.6 Å². The highest BCUT2D eigenvalue weighted by atomic mass is 16.4. The third-order valence-electron chi connectivity index (χ3n) is 18.5. The number of H-pyrrole nitrogens is 1. The number of rotatable bonds is 48. The van der Waals surface area contributed by atoms with Gasteiger partial charge in [-0.1, -0.05) is 76.1 Å². The van der Waals surface area contributed by atoms with Crippen molar-refractivity contribution in [3.8, 4) is 0 Å². The van der Waals surface area contributed by atoms with E-state index < -0.39 is 156 Å². The van der Waals surface area contributed by atoms with Crippen molar-refractivity contribution in [1.82, 2.24) is 78.3 Å². The largest absolute Gasteiger partial charge is 0.480 e. The van der Waals surface area contributed by atoms with E-state index in [9.17, 15) is 72.2 Å². The van der Waals surface area contributed by atoms with Crippen LogP contribution < -0.4 is 87.2 Å². The lowest BCUT2D eigenvalue weighted by Crippen LogP contribution is -2.60. The maximum Gasteiger partial charge on any atom is 0.326 e. The molecule has 4 heterocycles. The number of nitrogens with one attached hydrogen (secondary N) is 12. The van der Waals surface area contributed by atoms with Crippen LogP contribution in [-0.4, -0.2) is 231 Å². The summed E-state index contributed by atoms with van der Waals surface area (Å²) < 4.78 is 0. The zero-order valence-corrected chi connectivity index (χ0v) is 62.5. The van der Waals surface area contributed by atoms with Gasteiger partial charge in [0.15, 0.2) is 11.9 Å². The van der Waals surface area contributed by atoms with E-state index in [2.05, 4.69) is 91.6 Å². The fourth-order valence-corrected chi connectivity index (χ4v) is 12.9. The van der Waals surface area contributed by atoms with Gasteiger partial charge >= 0.3 is 5.97 Å². The molecule has 3 aliphatic heterocycles. The molecular formula is C72H112N22O15. The van der Waals surface area contributed by atoms with Crippen molar-refractivity contribution in [3.63, 3.8) is 0 Å². The van der Waals surface area contributed by atoms with Gasteiger partial charge in [-0.2, -0.15) is 0 Å². The predicted molar refractivity (Wildman–Crippen MR) is 402 cm³/mol. The van der Waals surface area contributed by atoms with Crippen molar-refractivity contribution < 1.29 is 72.2 Å². The molecule has 109 heavy (non-hydrogen) atoms. The molecule has 5 rings (SSSR count). The zero-order valence-electron chi connectivity index (χ0n) is 62.5. The quantitative estimate of drug-likeness (QED) is 0.0133. The van der Waals surface area contributed by atoms with Crippen molar-refractivity contribution in [1.29, 1.82) is 0 Å². The lowest BCUT2D eigenvalue weighted by Gasteiger charge is -2.31. The molecule has 3 aliphatic rings. The number of carboxylic acids is 1. The Morgan fingerprint density at radius 3 is 1.61 bits per heavy atom. The molecule has 0 aliphatic carbocycles. The molecular weight excluding hydrogens is 1410 g/mol. The summed E-state index contributed by atoms with van der Waals surface area (Å²) in [7, 11) is 0. The molecule has 3 fully saturated rings. The summed E-state index contributed by atoms with van der Waals surface area (Å²) >= 11 is 0. The number of aromatic amines is 1. The van der Waals surface area contributed by atoms with E-state index >= 15 is 0 Å². The molecule has 3 saturated heterocycles. The van der Waals surface area contributed by atoms with Crippen LogP contribution in [0.25, 0.3) is 0 Å². The van der Waals surface area contributed by atoms with Gasteiger partial charge in [-0.25, -0.2) is 9.78 Å². The van der Waals surface area contributed by atoms with Gasteiger partial charge in [-0.3, -0.25) is 72.3 Å². The molecule has 0 radical (unpaired) electrons. The molecule has 1 aromatic heterocycles. The van der Waals surface area contributed by atoms with Crippen LogP contribution >= 0.6 is 0 Å². The Bertz CT molecular complexity index is 3500. The number of carbonyl (C=O) groups is 14. The molecule has 37 nitrogen and oxygen atoms in total. The Balaban J connectivity index is 1.27. The fraction of sp³-hybridized carbons (Fsp3) is 0.597. The summed E-state index contributed by atoms with van der Waals surface area (Å²) in [5.41, 5.74) is 29.1. The molecule has 600 valence electrons. The van der Waals surface area contributed by atoms with Gasteiger partial charge in [0.1, 0.15) is 72.5 Å². The summed E-state index contributed by atoms with van der Waals surface area (Å²) in [4.78, 5) is 212. The Labute approximate surface area is 634 Å². The summed E-state index contributed by atoms with van der Waals surface area (Å²) in [6, 6.07) is -6.13. The molecule has 1 aromatic carbocycles. The number of carbonyl (C=O) groups excluding carboxylic acids is 13. The van der Waals surface area contributed by atoms with Crippen LogP contribution in [0.2, 0.25) is 0 Å². The minimum atomic E-state index is -1.47. The number of benzene rings is 1. The summed E-state index contributed by atoms with van der Waals surface area (Å²) in [5.74, 6) is -11.3. The molecule has 23 N–H and O–H groups in total. The molecule has 12 atom stereocenters. The normalized spacial score (nSPS) is 17.7. The van der Waals surface area contributed by atoms with Crippen LogP contribution in [0.3, 0.4) is 0 Å².